The highest BCUT2D eigenvalue weighted by atomic mass is 32.2. The number of nitrogens with one attached hydrogen (secondary N) is 1. The second kappa shape index (κ2) is 6.86. The molecule has 0 aliphatic heterocycles. The van der Waals surface area contributed by atoms with E-state index in [1.165, 1.54) is 31.4 Å². The van der Waals surface area contributed by atoms with Gasteiger partial charge in [0.25, 0.3) is 0 Å². The predicted molar refractivity (Wildman–Crippen MR) is 87.3 cm³/mol. The van der Waals surface area contributed by atoms with Crippen molar-refractivity contribution >= 4 is 19.9 Å². The highest BCUT2D eigenvalue weighted by Crippen LogP contribution is 2.29. The summed E-state index contributed by atoms with van der Waals surface area (Å²) in [6, 6.07) is 9.51. The van der Waals surface area contributed by atoms with Gasteiger partial charge in [-0.05, 0) is 38.1 Å². The van der Waals surface area contributed by atoms with Gasteiger partial charge in [-0.1, -0.05) is 17.7 Å². The predicted octanol–water partition coefficient (Wildman–Crippen LogP) is 2.04. The van der Waals surface area contributed by atoms with Crippen molar-refractivity contribution in [1.29, 1.82) is 0 Å². The molecule has 1 aromatic heterocycles. The van der Waals surface area contributed by atoms with E-state index in [4.69, 9.17) is 4.42 Å². The van der Waals surface area contributed by atoms with Gasteiger partial charge in [-0.2, -0.15) is 0 Å². The maximum absolute atomic E-state index is 12.9. The lowest BCUT2D eigenvalue weighted by Crippen LogP contribution is -2.32. The second-order valence-electron chi connectivity index (χ2n) is 5.11. The van der Waals surface area contributed by atoms with Gasteiger partial charge in [0.1, 0.15) is 11.0 Å². The molecule has 2 aromatic rings. The number of aryl methyl sites for hydroxylation is 1. The third-order valence-electron chi connectivity index (χ3n) is 3.45. The molecular formula is C15H19NO5S2. The molecular weight excluding hydrogens is 338 g/mol. The lowest BCUT2D eigenvalue weighted by Gasteiger charge is -2.16. The summed E-state index contributed by atoms with van der Waals surface area (Å²) in [5, 5.41) is -1.12. The quantitative estimate of drug-likeness (QED) is 0.818. The van der Waals surface area contributed by atoms with Gasteiger partial charge in [-0.15, -0.1) is 0 Å². The second-order valence-corrected chi connectivity index (χ2v) is 9.34. The first-order valence-electron chi connectivity index (χ1n) is 7.07. The first-order valence-corrected chi connectivity index (χ1v) is 10.3. The molecule has 1 heterocycles. The zero-order valence-corrected chi connectivity index (χ0v) is 14.5. The van der Waals surface area contributed by atoms with Crippen LogP contribution in [0.2, 0.25) is 0 Å². The molecule has 0 saturated heterocycles. The number of hydrogen-bond acceptors (Lipinski definition) is 5. The Morgan fingerprint density at radius 3 is 2.26 bits per heavy atom. The standard InChI is InChI=1S/C15H19NO5S2/c1-3-22(17,18)16-11-15(14-5-4-10-21-14)23(19,20)13-8-6-12(2)7-9-13/h4-10,15-16H,3,11H2,1-2H3/t15-/m1/s1. The molecule has 0 fully saturated rings. The first-order chi connectivity index (χ1) is 10.8. The molecule has 6 nitrogen and oxygen atoms in total. The molecule has 2 rings (SSSR count). The van der Waals surface area contributed by atoms with Crippen molar-refractivity contribution in [3.8, 4) is 0 Å². The highest BCUT2D eigenvalue weighted by molar-refractivity contribution is 7.92. The average molecular weight is 357 g/mol. The third kappa shape index (κ3) is 4.21. The van der Waals surface area contributed by atoms with E-state index in [0.29, 0.717) is 0 Å². The summed E-state index contributed by atoms with van der Waals surface area (Å²) in [5.74, 6) is 0.0759. The molecule has 0 bridgehead atoms. The Labute approximate surface area is 136 Å². The summed E-state index contributed by atoms with van der Waals surface area (Å²) < 4.78 is 56.5. The minimum atomic E-state index is -3.79. The van der Waals surface area contributed by atoms with E-state index < -0.39 is 25.1 Å². The van der Waals surface area contributed by atoms with Crippen LogP contribution in [-0.4, -0.2) is 29.1 Å². The van der Waals surface area contributed by atoms with Gasteiger partial charge < -0.3 is 4.42 Å². The van der Waals surface area contributed by atoms with Crippen LogP contribution in [0.3, 0.4) is 0 Å². The summed E-state index contributed by atoms with van der Waals surface area (Å²) >= 11 is 0. The molecule has 0 amide bonds. The Kier molecular flexibility index (Phi) is 5.28. The maximum Gasteiger partial charge on any atom is 0.211 e. The number of sulfone groups is 1. The molecule has 0 radical (unpaired) electrons. The maximum atomic E-state index is 12.9. The molecule has 0 aliphatic carbocycles. The Balaban J connectivity index is 2.39. The fourth-order valence-corrected chi connectivity index (χ4v) is 4.35. The van der Waals surface area contributed by atoms with Crippen molar-refractivity contribution in [2.75, 3.05) is 12.3 Å². The zero-order chi connectivity index (χ0) is 17.1. The van der Waals surface area contributed by atoms with Gasteiger partial charge in [0.15, 0.2) is 9.84 Å². The largest absolute Gasteiger partial charge is 0.468 e. The Bertz CT molecular complexity index is 838. The van der Waals surface area contributed by atoms with Gasteiger partial charge in [0, 0.05) is 6.54 Å². The van der Waals surface area contributed by atoms with Crippen molar-refractivity contribution in [2.45, 2.75) is 24.0 Å². The number of hydrogen-bond donors (Lipinski definition) is 1. The number of sulfonamides is 1. The summed E-state index contributed by atoms with van der Waals surface area (Å²) in [6.07, 6.45) is 1.36. The molecule has 126 valence electrons. The van der Waals surface area contributed by atoms with E-state index in [-0.39, 0.29) is 23.0 Å². The lowest BCUT2D eigenvalue weighted by molar-refractivity contribution is 0.486. The fraction of sp³-hybridized carbons (Fsp3) is 0.333. The van der Waals surface area contributed by atoms with Gasteiger partial charge in [0.2, 0.25) is 10.0 Å². The Morgan fingerprint density at radius 1 is 1.09 bits per heavy atom. The minimum absolute atomic E-state index is 0.123. The van der Waals surface area contributed by atoms with Crippen LogP contribution in [0.15, 0.2) is 52.0 Å². The van der Waals surface area contributed by atoms with Gasteiger partial charge >= 0.3 is 0 Å². The van der Waals surface area contributed by atoms with E-state index in [1.807, 2.05) is 6.92 Å². The van der Waals surface area contributed by atoms with Crippen LogP contribution >= 0.6 is 0 Å². The van der Waals surface area contributed by atoms with Crippen molar-refractivity contribution in [3.63, 3.8) is 0 Å². The van der Waals surface area contributed by atoms with Crippen molar-refractivity contribution in [3.05, 3.63) is 54.0 Å². The van der Waals surface area contributed by atoms with E-state index in [9.17, 15) is 16.8 Å². The summed E-state index contributed by atoms with van der Waals surface area (Å²) in [5.41, 5.74) is 0.935. The highest BCUT2D eigenvalue weighted by Gasteiger charge is 2.32. The van der Waals surface area contributed by atoms with Crippen molar-refractivity contribution in [1.82, 2.24) is 4.72 Å². The normalized spacial score (nSPS) is 13.8. The molecule has 1 aromatic carbocycles. The van der Waals surface area contributed by atoms with Crippen LogP contribution < -0.4 is 4.72 Å². The first kappa shape index (κ1) is 17.7. The molecule has 23 heavy (non-hydrogen) atoms. The SMILES string of the molecule is CCS(=O)(=O)NC[C@H](c1ccco1)S(=O)(=O)c1ccc(C)cc1. The third-order valence-corrected chi connectivity index (χ3v) is 6.90. The molecule has 1 N–H and O–H groups in total. The minimum Gasteiger partial charge on any atom is -0.468 e. The number of furan rings is 1. The lowest BCUT2D eigenvalue weighted by atomic mass is 10.2. The summed E-state index contributed by atoms with van der Waals surface area (Å²) in [7, 11) is -7.30. The van der Waals surface area contributed by atoms with Gasteiger partial charge in [0.05, 0.1) is 16.9 Å². The van der Waals surface area contributed by atoms with Crippen LogP contribution in [0.5, 0.6) is 0 Å². The Morgan fingerprint density at radius 2 is 1.74 bits per heavy atom. The topological polar surface area (TPSA) is 93.4 Å². The van der Waals surface area contributed by atoms with Gasteiger partial charge in [-0.25, -0.2) is 21.6 Å². The monoisotopic (exact) mass is 357 g/mol. The zero-order valence-electron chi connectivity index (χ0n) is 12.9. The average Bonchev–Trinajstić information content (AvgIpc) is 3.01. The molecule has 0 aliphatic rings. The van der Waals surface area contributed by atoms with Crippen LogP contribution in [0.1, 0.15) is 23.5 Å². The molecule has 8 heteroatoms. The smallest absolute Gasteiger partial charge is 0.211 e. The van der Waals surface area contributed by atoms with Crippen LogP contribution in [0, 0.1) is 6.92 Å². The van der Waals surface area contributed by atoms with Crippen molar-refractivity contribution < 1.29 is 21.3 Å². The fourth-order valence-electron chi connectivity index (χ4n) is 2.03. The van der Waals surface area contributed by atoms with E-state index in [0.717, 1.165) is 5.56 Å². The molecule has 0 spiro atoms. The van der Waals surface area contributed by atoms with Crippen LogP contribution in [0.25, 0.3) is 0 Å². The van der Waals surface area contributed by atoms with E-state index >= 15 is 0 Å². The summed E-state index contributed by atoms with van der Waals surface area (Å²) in [6.45, 7) is 3.06. The van der Waals surface area contributed by atoms with Crippen LogP contribution in [-0.2, 0) is 19.9 Å². The van der Waals surface area contributed by atoms with Crippen molar-refractivity contribution in [2.24, 2.45) is 0 Å². The number of benzene rings is 1. The Hall–Kier alpha value is -1.64. The summed E-state index contributed by atoms with van der Waals surface area (Å²) in [4.78, 5) is 0.125. The van der Waals surface area contributed by atoms with Crippen LogP contribution in [0.4, 0.5) is 0 Å². The van der Waals surface area contributed by atoms with Gasteiger partial charge in [-0.3, -0.25) is 0 Å². The molecule has 0 saturated carbocycles. The van der Waals surface area contributed by atoms with E-state index in [2.05, 4.69) is 4.72 Å². The van der Waals surface area contributed by atoms with E-state index in [1.54, 1.807) is 18.2 Å². The molecule has 0 unspecified atom stereocenters. The molecule has 1 atom stereocenters. The number of rotatable bonds is 7.